The molecule has 3 rings (SSSR count). The first-order valence-corrected chi connectivity index (χ1v) is 7.73. The van der Waals surface area contributed by atoms with Crippen molar-refractivity contribution in [3.63, 3.8) is 0 Å². The Kier molecular flexibility index (Phi) is 4.29. The van der Waals surface area contributed by atoms with Crippen molar-refractivity contribution in [2.24, 2.45) is 0 Å². The Hall–Kier alpha value is -2.08. The molecule has 0 amide bonds. The number of aliphatic hydroxyl groups is 1. The summed E-state index contributed by atoms with van der Waals surface area (Å²) in [6, 6.07) is 7.92. The Morgan fingerprint density at radius 3 is 2.91 bits per heavy atom. The summed E-state index contributed by atoms with van der Waals surface area (Å²) in [7, 11) is 0. The summed E-state index contributed by atoms with van der Waals surface area (Å²) in [5, 5.41) is 18.0. The SMILES string of the molecule is CCCn1c(C)nnc1CN1CC(CO)Oc2ccccc21. The molecule has 0 spiro atoms. The Balaban J connectivity index is 1.88. The first-order valence-electron chi connectivity index (χ1n) is 7.73. The van der Waals surface area contributed by atoms with Gasteiger partial charge in [-0.25, -0.2) is 0 Å². The summed E-state index contributed by atoms with van der Waals surface area (Å²) in [6.07, 6.45) is 0.837. The van der Waals surface area contributed by atoms with E-state index in [0.717, 1.165) is 36.1 Å². The summed E-state index contributed by atoms with van der Waals surface area (Å²) in [4.78, 5) is 2.20. The highest BCUT2D eigenvalue weighted by Crippen LogP contribution is 2.33. The molecule has 1 aliphatic heterocycles. The maximum atomic E-state index is 9.46. The Morgan fingerprint density at radius 2 is 2.14 bits per heavy atom. The Labute approximate surface area is 130 Å². The van der Waals surface area contributed by atoms with E-state index in [0.29, 0.717) is 13.1 Å². The molecule has 0 fully saturated rings. The molecule has 0 saturated carbocycles. The summed E-state index contributed by atoms with van der Waals surface area (Å²) in [6.45, 7) is 6.36. The van der Waals surface area contributed by atoms with Crippen molar-refractivity contribution in [1.29, 1.82) is 0 Å². The molecular weight excluding hydrogens is 280 g/mol. The first-order chi connectivity index (χ1) is 10.7. The van der Waals surface area contributed by atoms with Crippen LogP contribution in [0.5, 0.6) is 5.75 Å². The Bertz CT molecular complexity index is 641. The minimum Gasteiger partial charge on any atom is -0.484 e. The van der Waals surface area contributed by atoms with Gasteiger partial charge in [-0.05, 0) is 25.5 Å². The van der Waals surface area contributed by atoms with E-state index in [1.165, 1.54) is 0 Å². The largest absolute Gasteiger partial charge is 0.484 e. The molecule has 0 bridgehead atoms. The van der Waals surface area contributed by atoms with Crippen LogP contribution in [0.2, 0.25) is 0 Å². The number of benzene rings is 1. The van der Waals surface area contributed by atoms with Crippen LogP contribution < -0.4 is 9.64 Å². The number of hydrogen-bond acceptors (Lipinski definition) is 5. The van der Waals surface area contributed by atoms with Crippen LogP contribution in [0, 0.1) is 6.92 Å². The van der Waals surface area contributed by atoms with Crippen LogP contribution in [0.25, 0.3) is 0 Å². The molecule has 6 heteroatoms. The lowest BCUT2D eigenvalue weighted by Gasteiger charge is -2.35. The quantitative estimate of drug-likeness (QED) is 0.912. The van der Waals surface area contributed by atoms with Gasteiger partial charge in [0.2, 0.25) is 0 Å². The van der Waals surface area contributed by atoms with Crippen molar-refractivity contribution in [2.75, 3.05) is 18.1 Å². The van der Waals surface area contributed by atoms with Crippen LogP contribution >= 0.6 is 0 Å². The average molecular weight is 302 g/mol. The molecule has 1 aromatic heterocycles. The zero-order chi connectivity index (χ0) is 15.5. The van der Waals surface area contributed by atoms with Gasteiger partial charge in [0.15, 0.2) is 5.82 Å². The minimum absolute atomic E-state index is 0.00547. The maximum absolute atomic E-state index is 9.46. The smallest absolute Gasteiger partial charge is 0.152 e. The molecule has 0 saturated heterocycles. The van der Waals surface area contributed by atoms with Crippen LogP contribution in [0.3, 0.4) is 0 Å². The average Bonchev–Trinajstić information content (AvgIpc) is 2.88. The predicted molar refractivity (Wildman–Crippen MR) is 84.0 cm³/mol. The van der Waals surface area contributed by atoms with Crippen LogP contribution in [0.4, 0.5) is 5.69 Å². The van der Waals surface area contributed by atoms with Crippen molar-refractivity contribution < 1.29 is 9.84 Å². The monoisotopic (exact) mass is 302 g/mol. The number of aromatic nitrogens is 3. The lowest BCUT2D eigenvalue weighted by molar-refractivity contribution is 0.111. The van der Waals surface area contributed by atoms with Crippen molar-refractivity contribution in [1.82, 2.24) is 14.8 Å². The standard InChI is InChI=1S/C16H22N4O2/c1-3-8-20-12(2)17-18-16(20)10-19-9-13(11-21)22-15-7-5-4-6-14(15)19/h4-7,13,21H,3,8-11H2,1-2H3. The van der Waals surface area contributed by atoms with E-state index in [9.17, 15) is 5.11 Å². The van der Waals surface area contributed by atoms with Crippen molar-refractivity contribution in [3.8, 4) is 5.75 Å². The van der Waals surface area contributed by atoms with E-state index < -0.39 is 0 Å². The van der Waals surface area contributed by atoms with E-state index in [2.05, 4.69) is 26.6 Å². The second kappa shape index (κ2) is 6.36. The topological polar surface area (TPSA) is 63.4 Å². The minimum atomic E-state index is -0.210. The summed E-state index contributed by atoms with van der Waals surface area (Å²) in [5.74, 6) is 2.70. The fourth-order valence-electron chi connectivity index (χ4n) is 2.85. The normalized spacial score (nSPS) is 17.2. The Morgan fingerprint density at radius 1 is 1.32 bits per heavy atom. The fourth-order valence-corrected chi connectivity index (χ4v) is 2.85. The number of hydrogen-bond donors (Lipinski definition) is 1. The van der Waals surface area contributed by atoms with Crippen molar-refractivity contribution >= 4 is 5.69 Å². The van der Waals surface area contributed by atoms with Crippen molar-refractivity contribution in [3.05, 3.63) is 35.9 Å². The maximum Gasteiger partial charge on any atom is 0.152 e. The zero-order valence-corrected chi connectivity index (χ0v) is 13.1. The number of rotatable bonds is 5. The molecular formula is C16H22N4O2. The molecule has 1 N–H and O–H groups in total. The fraction of sp³-hybridized carbons (Fsp3) is 0.500. The molecule has 1 unspecified atom stereocenters. The molecule has 1 aromatic carbocycles. The molecule has 6 nitrogen and oxygen atoms in total. The second-order valence-electron chi connectivity index (χ2n) is 5.59. The molecule has 1 aliphatic rings. The molecule has 22 heavy (non-hydrogen) atoms. The van der Waals surface area contributed by atoms with E-state index in [4.69, 9.17) is 4.74 Å². The lowest BCUT2D eigenvalue weighted by atomic mass is 10.2. The number of aryl methyl sites for hydroxylation is 1. The van der Waals surface area contributed by atoms with E-state index in [1.54, 1.807) is 0 Å². The zero-order valence-electron chi connectivity index (χ0n) is 13.1. The van der Waals surface area contributed by atoms with E-state index in [1.807, 2.05) is 31.2 Å². The number of ether oxygens (including phenoxy) is 1. The van der Waals surface area contributed by atoms with Crippen LogP contribution in [0.1, 0.15) is 25.0 Å². The molecule has 118 valence electrons. The van der Waals surface area contributed by atoms with Gasteiger partial charge in [-0.2, -0.15) is 0 Å². The molecule has 2 heterocycles. The van der Waals surface area contributed by atoms with Crippen molar-refractivity contribution in [2.45, 2.75) is 39.5 Å². The third kappa shape index (κ3) is 2.78. The van der Waals surface area contributed by atoms with Gasteiger partial charge in [-0.1, -0.05) is 19.1 Å². The highest BCUT2D eigenvalue weighted by molar-refractivity contribution is 5.60. The third-order valence-electron chi connectivity index (χ3n) is 3.92. The second-order valence-corrected chi connectivity index (χ2v) is 5.59. The van der Waals surface area contributed by atoms with Crippen LogP contribution in [-0.2, 0) is 13.1 Å². The highest BCUT2D eigenvalue weighted by atomic mass is 16.5. The molecule has 0 radical (unpaired) electrons. The first kappa shape index (κ1) is 14.8. The third-order valence-corrected chi connectivity index (χ3v) is 3.92. The highest BCUT2D eigenvalue weighted by Gasteiger charge is 2.26. The lowest BCUT2D eigenvalue weighted by Crippen LogP contribution is -2.42. The molecule has 0 aliphatic carbocycles. The summed E-state index contributed by atoms with van der Waals surface area (Å²) in [5.41, 5.74) is 1.04. The van der Waals surface area contributed by atoms with Gasteiger partial charge in [0.1, 0.15) is 17.7 Å². The van der Waals surface area contributed by atoms with Gasteiger partial charge in [0.25, 0.3) is 0 Å². The predicted octanol–water partition coefficient (Wildman–Crippen LogP) is 1.76. The van der Waals surface area contributed by atoms with Gasteiger partial charge in [-0.15, -0.1) is 10.2 Å². The van der Waals surface area contributed by atoms with Crippen LogP contribution in [0.15, 0.2) is 24.3 Å². The number of fused-ring (bicyclic) bond motifs is 1. The van der Waals surface area contributed by atoms with E-state index >= 15 is 0 Å². The molecule has 1 atom stereocenters. The van der Waals surface area contributed by atoms with Gasteiger partial charge in [0.05, 0.1) is 25.4 Å². The van der Waals surface area contributed by atoms with Gasteiger partial charge in [-0.3, -0.25) is 0 Å². The van der Waals surface area contributed by atoms with Gasteiger partial charge in [0, 0.05) is 6.54 Å². The van der Waals surface area contributed by atoms with Crippen LogP contribution in [-0.4, -0.2) is 39.1 Å². The number of anilines is 1. The number of para-hydroxylation sites is 2. The van der Waals surface area contributed by atoms with E-state index in [-0.39, 0.29) is 12.7 Å². The molecule has 2 aromatic rings. The number of nitrogens with zero attached hydrogens (tertiary/aromatic N) is 4. The van der Waals surface area contributed by atoms with Gasteiger partial charge >= 0.3 is 0 Å². The van der Waals surface area contributed by atoms with Gasteiger partial charge < -0.3 is 19.3 Å². The summed E-state index contributed by atoms with van der Waals surface area (Å²) >= 11 is 0. The number of aliphatic hydroxyl groups excluding tert-OH is 1. The summed E-state index contributed by atoms with van der Waals surface area (Å²) < 4.78 is 7.96.